The number of hydrogen-bond donors (Lipinski definition) is 1. The zero-order valence-electron chi connectivity index (χ0n) is 12.1. The monoisotopic (exact) mass is 316 g/mol. The first kappa shape index (κ1) is 17.3. The molecule has 0 unspecified atom stereocenters. The van der Waals surface area contributed by atoms with Gasteiger partial charge in [-0.25, -0.2) is 0 Å². The maximum atomic E-state index is 11.9. The lowest BCUT2D eigenvalue weighted by atomic mass is 10.2. The summed E-state index contributed by atoms with van der Waals surface area (Å²) in [7, 11) is 0. The minimum Gasteiger partial charge on any atom is -0.326 e. The van der Waals surface area contributed by atoms with Crippen LogP contribution in [0.1, 0.15) is 33.1 Å². The molecule has 0 bridgehead atoms. The van der Waals surface area contributed by atoms with Crippen LogP contribution in [0.5, 0.6) is 0 Å². The first-order chi connectivity index (χ1) is 9.55. The minimum absolute atomic E-state index is 0.0134. The Kier molecular flexibility index (Phi) is 7.97. The number of carbonyl (C=O) groups excluding carboxylic acids is 1. The van der Waals surface area contributed by atoms with Gasteiger partial charge in [-0.2, -0.15) is 0 Å². The topological polar surface area (TPSA) is 32.3 Å². The Labute approximate surface area is 131 Å². The van der Waals surface area contributed by atoms with Crippen molar-refractivity contribution in [1.29, 1.82) is 0 Å². The van der Waals surface area contributed by atoms with E-state index < -0.39 is 0 Å². The highest BCUT2D eigenvalue weighted by Gasteiger charge is 2.08. The van der Waals surface area contributed by atoms with Gasteiger partial charge in [0.05, 0.1) is 0 Å². The van der Waals surface area contributed by atoms with Crippen molar-refractivity contribution in [3.63, 3.8) is 0 Å². The van der Waals surface area contributed by atoms with Crippen LogP contribution in [0, 0.1) is 0 Å². The van der Waals surface area contributed by atoms with Crippen molar-refractivity contribution in [2.45, 2.75) is 33.1 Å². The number of anilines is 1. The second kappa shape index (κ2) is 9.22. The van der Waals surface area contributed by atoms with Crippen LogP contribution < -0.4 is 5.32 Å². The molecule has 0 saturated carbocycles. The van der Waals surface area contributed by atoms with Gasteiger partial charge in [0.2, 0.25) is 5.91 Å². The lowest BCUT2D eigenvalue weighted by Crippen LogP contribution is -2.29. The zero-order chi connectivity index (χ0) is 15.0. The van der Waals surface area contributed by atoms with Gasteiger partial charge in [0.1, 0.15) is 0 Å². The van der Waals surface area contributed by atoms with Crippen molar-refractivity contribution >= 4 is 34.8 Å². The average molecular weight is 317 g/mol. The van der Waals surface area contributed by atoms with Crippen LogP contribution in [0.25, 0.3) is 0 Å². The fraction of sp³-hybridized carbons (Fsp3) is 0.533. The minimum atomic E-state index is -0.0134. The first-order valence-electron chi connectivity index (χ1n) is 7.03. The summed E-state index contributed by atoms with van der Waals surface area (Å²) in [6.45, 7) is 7.14. The molecule has 1 rings (SSSR count). The normalized spacial score (nSPS) is 10.8. The average Bonchev–Trinajstić information content (AvgIpc) is 2.35. The molecule has 0 aromatic heterocycles. The number of hydrogen-bond acceptors (Lipinski definition) is 2. The van der Waals surface area contributed by atoms with Crippen LogP contribution in [0.2, 0.25) is 10.0 Å². The summed E-state index contributed by atoms with van der Waals surface area (Å²) in [5.41, 5.74) is 0.644. The Morgan fingerprint density at radius 1 is 1.05 bits per heavy atom. The molecule has 0 aliphatic carbocycles. The number of halogens is 2. The van der Waals surface area contributed by atoms with Crippen molar-refractivity contribution in [3.8, 4) is 0 Å². The molecule has 1 aromatic rings. The van der Waals surface area contributed by atoms with Gasteiger partial charge in [-0.15, -0.1) is 0 Å². The molecule has 1 N–H and O–H groups in total. The van der Waals surface area contributed by atoms with Crippen molar-refractivity contribution in [2.75, 3.05) is 25.0 Å². The van der Waals surface area contributed by atoms with Crippen LogP contribution in [0.3, 0.4) is 0 Å². The van der Waals surface area contributed by atoms with Crippen LogP contribution in [-0.4, -0.2) is 30.4 Å². The Hall–Kier alpha value is -0.770. The molecule has 5 heteroatoms. The standard InChI is InChI=1S/C15H22Cl2N2O/c1-3-6-19(7-4-2)8-5-15(20)18-14-10-12(16)9-13(17)11-14/h9-11H,3-8H2,1-2H3,(H,18,20). The molecular weight excluding hydrogens is 295 g/mol. The molecule has 0 fully saturated rings. The van der Waals surface area contributed by atoms with Crippen molar-refractivity contribution in [3.05, 3.63) is 28.2 Å². The molecule has 0 spiro atoms. The summed E-state index contributed by atoms with van der Waals surface area (Å²) in [5, 5.41) is 3.87. The fourth-order valence-electron chi connectivity index (χ4n) is 2.08. The van der Waals surface area contributed by atoms with Crippen LogP contribution in [0.15, 0.2) is 18.2 Å². The smallest absolute Gasteiger partial charge is 0.225 e. The van der Waals surface area contributed by atoms with Gasteiger partial charge in [0.25, 0.3) is 0 Å². The second-order valence-corrected chi connectivity index (χ2v) is 5.67. The molecule has 20 heavy (non-hydrogen) atoms. The van der Waals surface area contributed by atoms with Crippen LogP contribution in [0.4, 0.5) is 5.69 Å². The summed E-state index contributed by atoms with van der Waals surface area (Å²) in [6.07, 6.45) is 2.68. The Morgan fingerprint density at radius 3 is 2.10 bits per heavy atom. The summed E-state index contributed by atoms with van der Waals surface area (Å²) in [6, 6.07) is 5.03. The summed E-state index contributed by atoms with van der Waals surface area (Å²) in [5.74, 6) is -0.0134. The van der Waals surface area contributed by atoms with E-state index in [0.717, 1.165) is 32.5 Å². The van der Waals surface area contributed by atoms with Crippen molar-refractivity contribution in [2.24, 2.45) is 0 Å². The highest BCUT2D eigenvalue weighted by atomic mass is 35.5. The molecule has 0 heterocycles. The fourth-order valence-corrected chi connectivity index (χ4v) is 2.60. The van der Waals surface area contributed by atoms with E-state index in [4.69, 9.17) is 23.2 Å². The molecule has 112 valence electrons. The van der Waals surface area contributed by atoms with Crippen molar-refractivity contribution < 1.29 is 4.79 Å². The number of rotatable bonds is 8. The highest BCUT2D eigenvalue weighted by Crippen LogP contribution is 2.22. The van der Waals surface area contributed by atoms with E-state index in [1.165, 1.54) is 0 Å². The third-order valence-corrected chi connectivity index (χ3v) is 3.32. The van der Waals surface area contributed by atoms with E-state index in [0.29, 0.717) is 22.2 Å². The van der Waals surface area contributed by atoms with E-state index in [1.807, 2.05) is 0 Å². The van der Waals surface area contributed by atoms with E-state index in [2.05, 4.69) is 24.1 Å². The van der Waals surface area contributed by atoms with E-state index in [9.17, 15) is 4.79 Å². The number of nitrogens with one attached hydrogen (secondary N) is 1. The number of nitrogens with zero attached hydrogens (tertiary/aromatic N) is 1. The summed E-state index contributed by atoms with van der Waals surface area (Å²) in [4.78, 5) is 14.2. The molecule has 3 nitrogen and oxygen atoms in total. The number of benzene rings is 1. The predicted molar refractivity (Wildman–Crippen MR) is 86.7 cm³/mol. The Bertz CT molecular complexity index is 412. The largest absolute Gasteiger partial charge is 0.326 e. The highest BCUT2D eigenvalue weighted by molar-refractivity contribution is 6.35. The van der Waals surface area contributed by atoms with Gasteiger partial charge in [-0.05, 0) is 44.1 Å². The SMILES string of the molecule is CCCN(CCC)CCC(=O)Nc1cc(Cl)cc(Cl)c1. The van der Waals surface area contributed by atoms with Gasteiger partial charge in [-0.1, -0.05) is 37.0 Å². The maximum Gasteiger partial charge on any atom is 0.225 e. The van der Waals surface area contributed by atoms with Gasteiger partial charge in [-0.3, -0.25) is 4.79 Å². The molecule has 1 amide bonds. The lowest BCUT2D eigenvalue weighted by molar-refractivity contribution is -0.116. The molecule has 0 aliphatic rings. The lowest BCUT2D eigenvalue weighted by Gasteiger charge is -2.20. The van der Waals surface area contributed by atoms with Crippen LogP contribution >= 0.6 is 23.2 Å². The van der Waals surface area contributed by atoms with Crippen LogP contribution in [-0.2, 0) is 4.79 Å². The third kappa shape index (κ3) is 6.60. The van der Waals surface area contributed by atoms with E-state index in [-0.39, 0.29) is 5.91 Å². The molecule has 0 aliphatic heterocycles. The Morgan fingerprint density at radius 2 is 1.60 bits per heavy atom. The quantitative estimate of drug-likeness (QED) is 0.768. The predicted octanol–water partition coefficient (Wildman–Crippen LogP) is 4.44. The van der Waals surface area contributed by atoms with Crippen molar-refractivity contribution in [1.82, 2.24) is 4.90 Å². The Balaban J connectivity index is 2.46. The summed E-state index contributed by atoms with van der Waals surface area (Å²) < 4.78 is 0. The van der Waals surface area contributed by atoms with Gasteiger partial charge < -0.3 is 10.2 Å². The van der Waals surface area contributed by atoms with E-state index >= 15 is 0 Å². The molecular formula is C15H22Cl2N2O. The third-order valence-electron chi connectivity index (χ3n) is 2.88. The maximum absolute atomic E-state index is 11.9. The van der Waals surface area contributed by atoms with Gasteiger partial charge >= 0.3 is 0 Å². The molecule has 0 radical (unpaired) electrons. The number of carbonyl (C=O) groups is 1. The number of amides is 1. The second-order valence-electron chi connectivity index (χ2n) is 4.80. The van der Waals surface area contributed by atoms with Gasteiger partial charge in [0.15, 0.2) is 0 Å². The molecule has 0 atom stereocenters. The summed E-state index contributed by atoms with van der Waals surface area (Å²) >= 11 is 11.8. The van der Waals surface area contributed by atoms with Gasteiger partial charge in [0, 0.05) is 28.7 Å². The zero-order valence-corrected chi connectivity index (χ0v) is 13.6. The van der Waals surface area contributed by atoms with E-state index in [1.54, 1.807) is 18.2 Å². The molecule has 0 saturated heterocycles. The first-order valence-corrected chi connectivity index (χ1v) is 7.79. The molecule has 1 aromatic carbocycles.